The monoisotopic (exact) mass is 552 g/mol. The van der Waals surface area contributed by atoms with Crippen molar-refractivity contribution in [3.8, 4) is 17.6 Å². The molecule has 1 saturated carbocycles. The number of nitrogens with one attached hydrogen (secondary N) is 2. The molecule has 0 radical (unpaired) electrons. The van der Waals surface area contributed by atoms with Gasteiger partial charge in [0.25, 0.3) is 0 Å². The van der Waals surface area contributed by atoms with E-state index in [4.69, 9.17) is 14.7 Å². The molecule has 0 aromatic heterocycles. The molecule has 3 rings (SSSR count). The van der Waals surface area contributed by atoms with Crippen LogP contribution < -0.4 is 20.1 Å². The third-order valence-corrected chi connectivity index (χ3v) is 5.25. The van der Waals surface area contributed by atoms with E-state index in [0.29, 0.717) is 35.9 Å². The maximum atomic E-state index is 14.2. The number of benzene rings is 2. The SMILES string of the molecule is CCNC(=NCc1cccc(OC)c1OC1CCCC1)NCc1ccc(C#N)cc1F.I. The lowest BCUT2D eigenvalue weighted by Crippen LogP contribution is -2.37. The van der Waals surface area contributed by atoms with Crippen molar-refractivity contribution in [3.63, 3.8) is 0 Å². The number of nitrogens with zero attached hydrogens (tertiary/aromatic N) is 2. The topological polar surface area (TPSA) is 78.7 Å². The lowest BCUT2D eigenvalue weighted by molar-refractivity contribution is 0.198. The van der Waals surface area contributed by atoms with Crippen LogP contribution in [-0.2, 0) is 13.1 Å². The largest absolute Gasteiger partial charge is 0.493 e. The van der Waals surface area contributed by atoms with Crippen LogP contribution in [0.15, 0.2) is 41.4 Å². The van der Waals surface area contributed by atoms with Crippen LogP contribution in [-0.4, -0.2) is 25.7 Å². The molecule has 6 nitrogen and oxygen atoms in total. The van der Waals surface area contributed by atoms with Crippen LogP contribution in [0, 0.1) is 17.1 Å². The minimum atomic E-state index is -0.414. The third-order valence-electron chi connectivity index (χ3n) is 5.25. The molecular formula is C24H30FIN4O2. The zero-order chi connectivity index (χ0) is 22.1. The average Bonchev–Trinajstić information content (AvgIpc) is 3.30. The first-order valence-electron chi connectivity index (χ1n) is 10.7. The predicted molar refractivity (Wildman–Crippen MR) is 134 cm³/mol. The lowest BCUT2D eigenvalue weighted by Gasteiger charge is -2.19. The summed E-state index contributed by atoms with van der Waals surface area (Å²) in [5, 5.41) is 15.2. The molecule has 1 aliphatic carbocycles. The zero-order valence-electron chi connectivity index (χ0n) is 18.5. The highest BCUT2D eigenvalue weighted by Gasteiger charge is 2.20. The molecule has 0 bridgehead atoms. The first kappa shape index (κ1) is 25.7. The summed E-state index contributed by atoms with van der Waals surface area (Å²) in [5.74, 6) is 1.61. The molecule has 0 spiro atoms. The molecule has 1 fully saturated rings. The van der Waals surface area contributed by atoms with E-state index < -0.39 is 5.82 Å². The first-order valence-corrected chi connectivity index (χ1v) is 10.7. The van der Waals surface area contributed by atoms with Gasteiger partial charge in [0.2, 0.25) is 0 Å². The fourth-order valence-corrected chi connectivity index (χ4v) is 3.60. The Morgan fingerprint density at radius 1 is 1.19 bits per heavy atom. The fraction of sp³-hybridized carbons (Fsp3) is 0.417. The molecule has 2 N–H and O–H groups in total. The zero-order valence-corrected chi connectivity index (χ0v) is 20.8. The van der Waals surface area contributed by atoms with E-state index in [2.05, 4.69) is 15.6 Å². The van der Waals surface area contributed by atoms with Gasteiger partial charge in [0.15, 0.2) is 17.5 Å². The molecule has 0 aliphatic heterocycles. The van der Waals surface area contributed by atoms with Gasteiger partial charge in [0.1, 0.15) is 5.82 Å². The van der Waals surface area contributed by atoms with Gasteiger partial charge in [-0.2, -0.15) is 5.26 Å². The first-order chi connectivity index (χ1) is 15.1. The fourth-order valence-electron chi connectivity index (χ4n) is 3.60. The van der Waals surface area contributed by atoms with E-state index in [-0.39, 0.29) is 36.6 Å². The number of rotatable bonds is 8. The van der Waals surface area contributed by atoms with Gasteiger partial charge in [0.05, 0.1) is 31.4 Å². The van der Waals surface area contributed by atoms with Crippen molar-refractivity contribution in [2.45, 2.75) is 51.8 Å². The number of hydrogen-bond acceptors (Lipinski definition) is 4. The Morgan fingerprint density at radius 2 is 1.97 bits per heavy atom. The summed E-state index contributed by atoms with van der Waals surface area (Å²) < 4.78 is 26.0. The number of guanidine groups is 1. The van der Waals surface area contributed by atoms with E-state index in [9.17, 15) is 4.39 Å². The highest BCUT2D eigenvalue weighted by atomic mass is 127. The van der Waals surface area contributed by atoms with Crippen LogP contribution in [0.2, 0.25) is 0 Å². The van der Waals surface area contributed by atoms with Crippen molar-refractivity contribution in [2.24, 2.45) is 4.99 Å². The van der Waals surface area contributed by atoms with Crippen LogP contribution in [0.25, 0.3) is 0 Å². The molecule has 2 aromatic rings. The molecule has 0 unspecified atom stereocenters. The van der Waals surface area contributed by atoms with Gasteiger partial charge in [-0.3, -0.25) is 0 Å². The normalized spacial score (nSPS) is 13.8. The minimum absolute atomic E-state index is 0. The van der Waals surface area contributed by atoms with Crippen LogP contribution in [0.4, 0.5) is 4.39 Å². The van der Waals surface area contributed by atoms with E-state index in [0.717, 1.165) is 24.2 Å². The molecule has 8 heteroatoms. The number of ether oxygens (including phenoxy) is 2. The van der Waals surface area contributed by atoms with Crippen molar-refractivity contribution in [1.29, 1.82) is 5.26 Å². The smallest absolute Gasteiger partial charge is 0.191 e. The summed E-state index contributed by atoms with van der Waals surface area (Å²) in [4.78, 5) is 4.66. The molecule has 0 atom stereocenters. The van der Waals surface area contributed by atoms with Crippen LogP contribution in [0.5, 0.6) is 11.5 Å². The van der Waals surface area contributed by atoms with E-state index in [1.54, 1.807) is 19.2 Å². The maximum Gasteiger partial charge on any atom is 0.191 e. The Labute approximate surface area is 206 Å². The summed E-state index contributed by atoms with van der Waals surface area (Å²) in [6, 6.07) is 12.2. The third kappa shape index (κ3) is 6.99. The number of aliphatic imine (C=N–C) groups is 1. The van der Waals surface area contributed by atoms with Gasteiger partial charge < -0.3 is 20.1 Å². The minimum Gasteiger partial charge on any atom is -0.493 e. The number of halogens is 2. The molecule has 172 valence electrons. The van der Waals surface area contributed by atoms with Gasteiger partial charge in [-0.15, -0.1) is 24.0 Å². The van der Waals surface area contributed by atoms with E-state index >= 15 is 0 Å². The average molecular weight is 552 g/mol. The second-order valence-corrected chi connectivity index (χ2v) is 7.44. The molecule has 0 amide bonds. The van der Waals surface area contributed by atoms with Crippen LogP contribution in [0.3, 0.4) is 0 Å². The molecular weight excluding hydrogens is 522 g/mol. The highest BCUT2D eigenvalue weighted by Crippen LogP contribution is 2.35. The molecule has 1 aliphatic rings. The van der Waals surface area contributed by atoms with Crippen molar-refractivity contribution < 1.29 is 13.9 Å². The molecule has 32 heavy (non-hydrogen) atoms. The quantitative estimate of drug-likeness (QED) is 0.277. The maximum absolute atomic E-state index is 14.2. The standard InChI is InChI=1S/C24H29FN4O2.HI/c1-3-27-24(28-15-18-12-11-17(14-26)13-21(18)25)29-16-19-7-6-10-22(30-2)23(19)31-20-8-4-5-9-20;/h6-7,10-13,20H,3-5,8-9,15-16H2,1-2H3,(H2,27,28,29);1H. The summed E-state index contributed by atoms with van der Waals surface area (Å²) >= 11 is 0. The second-order valence-electron chi connectivity index (χ2n) is 7.44. The van der Waals surface area contributed by atoms with Gasteiger partial charge in [0, 0.05) is 24.2 Å². The number of methoxy groups -OCH3 is 1. The Balaban J connectivity index is 0.00000363. The van der Waals surface area contributed by atoms with Crippen molar-refractivity contribution in [2.75, 3.05) is 13.7 Å². The molecule has 2 aromatic carbocycles. The summed E-state index contributed by atoms with van der Waals surface area (Å²) in [6.07, 6.45) is 4.70. The van der Waals surface area contributed by atoms with Crippen molar-refractivity contribution in [1.82, 2.24) is 10.6 Å². The number of para-hydroxylation sites is 1. The second kappa shape index (κ2) is 13.1. The van der Waals surface area contributed by atoms with Crippen molar-refractivity contribution >= 4 is 29.9 Å². The van der Waals surface area contributed by atoms with Gasteiger partial charge in [-0.1, -0.05) is 18.2 Å². The van der Waals surface area contributed by atoms with Gasteiger partial charge in [-0.25, -0.2) is 9.38 Å². The van der Waals surface area contributed by atoms with Gasteiger partial charge >= 0.3 is 0 Å². The summed E-state index contributed by atoms with van der Waals surface area (Å²) in [5.41, 5.74) is 1.71. The number of nitriles is 1. The Hall–Kier alpha value is -2.54. The lowest BCUT2D eigenvalue weighted by atomic mass is 10.1. The van der Waals surface area contributed by atoms with E-state index in [1.807, 2.05) is 31.2 Å². The number of hydrogen-bond donors (Lipinski definition) is 2. The Bertz CT molecular complexity index is 956. The van der Waals surface area contributed by atoms with Crippen LogP contribution in [0.1, 0.15) is 49.3 Å². The Kier molecular flexibility index (Phi) is 10.5. The van der Waals surface area contributed by atoms with E-state index in [1.165, 1.54) is 18.9 Å². The summed E-state index contributed by atoms with van der Waals surface area (Å²) in [7, 11) is 1.64. The Morgan fingerprint density at radius 3 is 2.62 bits per heavy atom. The highest BCUT2D eigenvalue weighted by molar-refractivity contribution is 14.0. The van der Waals surface area contributed by atoms with Gasteiger partial charge in [-0.05, 0) is 50.8 Å². The van der Waals surface area contributed by atoms with Crippen molar-refractivity contribution in [3.05, 3.63) is 58.9 Å². The predicted octanol–water partition coefficient (Wildman–Crippen LogP) is 4.90. The molecule has 0 saturated heterocycles. The molecule has 0 heterocycles. The van der Waals surface area contributed by atoms with Crippen LogP contribution >= 0.6 is 24.0 Å². The summed E-state index contributed by atoms with van der Waals surface area (Å²) in [6.45, 7) is 3.29.